The van der Waals surface area contributed by atoms with Crippen LogP contribution in [-0.4, -0.2) is 0 Å². The summed E-state index contributed by atoms with van der Waals surface area (Å²) in [6, 6.07) is 33.8. The lowest BCUT2D eigenvalue weighted by Crippen LogP contribution is -1.85. The van der Waals surface area contributed by atoms with Crippen molar-refractivity contribution in [1.82, 2.24) is 0 Å². The van der Waals surface area contributed by atoms with E-state index < -0.39 is 0 Å². The molecule has 0 aliphatic heterocycles. The molecule has 1 nitrogen and oxygen atoms in total. The van der Waals surface area contributed by atoms with E-state index in [0.29, 0.717) is 5.56 Å². The Bertz CT molecular complexity index is 1300. The van der Waals surface area contributed by atoms with Crippen LogP contribution in [0.15, 0.2) is 91.0 Å². The summed E-state index contributed by atoms with van der Waals surface area (Å²) in [4.78, 5) is 0. The third-order valence-corrected chi connectivity index (χ3v) is 5.07. The zero-order valence-electron chi connectivity index (χ0n) is 14.1. The van der Waals surface area contributed by atoms with Crippen LogP contribution in [0.1, 0.15) is 5.56 Å². The molecule has 5 aromatic carbocycles. The molecule has 0 saturated carbocycles. The van der Waals surface area contributed by atoms with Gasteiger partial charge in [-0.05, 0) is 61.6 Å². The normalized spacial score (nSPS) is 11.0. The number of nitriles is 1. The predicted molar refractivity (Wildman–Crippen MR) is 109 cm³/mol. The predicted octanol–water partition coefficient (Wildman–Crippen LogP) is 6.68. The smallest absolute Gasteiger partial charge is 0.0991 e. The maximum absolute atomic E-state index is 9.19. The van der Waals surface area contributed by atoms with E-state index in [0.717, 1.165) is 11.1 Å². The number of fused-ring (bicyclic) bond motifs is 6. The number of hydrogen-bond donors (Lipinski definition) is 0. The Labute approximate surface area is 151 Å². The fraction of sp³-hybridized carbons (Fsp3) is 0. The Morgan fingerprint density at radius 2 is 1.00 bits per heavy atom. The summed E-state index contributed by atoms with van der Waals surface area (Å²) < 4.78 is 0. The van der Waals surface area contributed by atoms with Gasteiger partial charge < -0.3 is 0 Å². The van der Waals surface area contributed by atoms with Crippen molar-refractivity contribution in [2.24, 2.45) is 0 Å². The molecule has 0 aliphatic carbocycles. The van der Waals surface area contributed by atoms with Gasteiger partial charge in [-0.1, -0.05) is 72.8 Å². The van der Waals surface area contributed by atoms with Crippen molar-refractivity contribution in [1.29, 1.82) is 5.26 Å². The van der Waals surface area contributed by atoms with E-state index >= 15 is 0 Å². The number of rotatable bonds is 1. The summed E-state index contributed by atoms with van der Waals surface area (Å²) in [5.74, 6) is 0. The van der Waals surface area contributed by atoms with Crippen LogP contribution in [0.4, 0.5) is 0 Å². The molecule has 0 unspecified atom stereocenters. The highest BCUT2D eigenvalue weighted by Gasteiger charge is 2.09. The van der Waals surface area contributed by atoms with Crippen molar-refractivity contribution >= 4 is 32.3 Å². The number of benzene rings is 5. The Hall–Kier alpha value is -3.63. The minimum absolute atomic E-state index is 0.686. The molecule has 0 aliphatic rings. The first-order chi connectivity index (χ1) is 12.8. The van der Waals surface area contributed by atoms with E-state index in [1.807, 2.05) is 18.2 Å². The van der Waals surface area contributed by atoms with E-state index in [-0.39, 0.29) is 0 Å². The van der Waals surface area contributed by atoms with E-state index in [1.54, 1.807) is 0 Å². The SMILES string of the molecule is N#Cc1cccc(-c2ccc3c4ccccc4c4ccccc4c3c2)c1. The first-order valence-corrected chi connectivity index (χ1v) is 8.69. The molecular weight excluding hydrogens is 314 g/mol. The van der Waals surface area contributed by atoms with Gasteiger partial charge in [-0.3, -0.25) is 0 Å². The second-order valence-corrected chi connectivity index (χ2v) is 6.54. The van der Waals surface area contributed by atoms with Gasteiger partial charge in [0, 0.05) is 0 Å². The molecule has 0 spiro atoms. The Morgan fingerprint density at radius 3 is 1.62 bits per heavy atom. The van der Waals surface area contributed by atoms with Crippen LogP contribution in [0.25, 0.3) is 43.4 Å². The van der Waals surface area contributed by atoms with Crippen LogP contribution >= 0.6 is 0 Å². The summed E-state index contributed by atoms with van der Waals surface area (Å²) in [5.41, 5.74) is 2.89. The minimum Gasteiger partial charge on any atom is -0.192 e. The Kier molecular flexibility index (Phi) is 3.23. The third kappa shape index (κ3) is 2.17. The maximum Gasteiger partial charge on any atom is 0.0991 e. The van der Waals surface area contributed by atoms with Crippen molar-refractivity contribution in [2.75, 3.05) is 0 Å². The van der Waals surface area contributed by atoms with E-state index in [9.17, 15) is 5.26 Å². The first kappa shape index (κ1) is 14.7. The summed E-state index contributed by atoms with van der Waals surface area (Å²) in [6.45, 7) is 0. The topological polar surface area (TPSA) is 23.8 Å². The van der Waals surface area contributed by atoms with Crippen LogP contribution in [0.3, 0.4) is 0 Å². The van der Waals surface area contributed by atoms with E-state index in [2.05, 4.69) is 78.9 Å². The average molecular weight is 329 g/mol. The summed E-state index contributed by atoms with van der Waals surface area (Å²) >= 11 is 0. The molecule has 0 atom stereocenters. The molecule has 120 valence electrons. The van der Waals surface area contributed by atoms with Crippen LogP contribution < -0.4 is 0 Å². The molecule has 0 N–H and O–H groups in total. The quantitative estimate of drug-likeness (QED) is 0.314. The van der Waals surface area contributed by atoms with Crippen LogP contribution in [-0.2, 0) is 0 Å². The van der Waals surface area contributed by atoms with Crippen molar-refractivity contribution in [3.05, 3.63) is 96.6 Å². The van der Waals surface area contributed by atoms with Gasteiger partial charge in [0.2, 0.25) is 0 Å². The van der Waals surface area contributed by atoms with Crippen molar-refractivity contribution in [3.8, 4) is 17.2 Å². The first-order valence-electron chi connectivity index (χ1n) is 8.69. The fourth-order valence-electron chi connectivity index (χ4n) is 3.86. The molecule has 0 aromatic heterocycles. The largest absolute Gasteiger partial charge is 0.192 e. The third-order valence-electron chi connectivity index (χ3n) is 5.07. The highest BCUT2D eigenvalue weighted by atomic mass is 14.2. The molecule has 0 saturated heterocycles. The standard InChI is InChI=1S/C25H15N/c26-16-17-6-5-7-18(14-17)19-12-13-24-22-10-2-1-8-20(22)21-9-3-4-11-23(21)25(24)15-19/h1-15H. The average Bonchev–Trinajstić information content (AvgIpc) is 2.73. The van der Waals surface area contributed by atoms with Gasteiger partial charge in [0.25, 0.3) is 0 Å². The molecule has 0 fully saturated rings. The number of nitrogens with zero attached hydrogens (tertiary/aromatic N) is 1. The molecule has 26 heavy (non-hydrogen) atoms. The van der Waals surface area contributed by atoms with Crippen molar-refractivity contribution < 1.29 is 0 Å². The molecule has 5 aromatic rings. The van der Waals surface area contributed by atoms with Crippen molar-refractivity contribution in [2.45, 2.75) is 0 Å². The van der Waals surface area contributed by atoms with Gasteiger partial charge in [-0.2, -0.15) is 5.26 Å². The van der Waals surface area contributed by atoms with E-state index in [4.69, 9.17) is 0 Å². The van der Waals surface area contributed by atoms with Crippen molar-refractivity contribution in [3.63, 3.8) is 0 Å². The second kappa shape index (κ2) is 5.72. The highest BCUT2D eigenvalue weighted by Crippen LogP contribution is 2.36. The lowest BCUT2D eigenvalue weighted by atomic mass is 9.92. The molecule has 5 rings (SSSR count). The highest BCUT2D eigenvalue weighted by molar-refractivity contribution is 6.25. The lowest BCUT2D eigenvalue weighted by Gasteiger charge is -2.12. The monoisotopic (exact) mass is 329 g/mol. The van der Waals surface area contributed by atoms with Gasteiger partial charge in [0.15, 0.2) is 0 Å². The zero-order valence-corrected chi connectivity index (χ0v) is 14.1. The molecule has 1 heteroatoms. The summed E-state index contributed by atoms with van der Waals surface area (Å²) in [7, 11) is 0. The summed E-state index contributed by atoms with van der Waals surface area (Å²) in [5, 5.41) is 16.8. The molecule has 0 heterocycles. The molecule has 0 amide bonds. The van der Waals surface area contributed by atoms with Crippen LogP contribution in [0.2, 0.25) is 0 Å². The molecule has 0 radical (unpaired) electrons. The van der Waals surface area contributed by atoms with Gasteiger partial charge in [0.05, 0.1) is 11.6 Å². The van der Waals surface area contributed by atoms with Gasteiger partial charge in [0.1, 0.15) is 0 Å². The van der Waals surface area contributed by atoms with Crippen LogP contribution in [0.5, 0.6) is 0 Å². The van der Waals surface area contributed by atoms with E-state index in [1.165, 1.54) is 32.3 Å². The zero-order chi connectivity index (χ0) is 17.5. The fourth-order valence-corrected chi connectivity index (χ4v) is 3.86. The van der Waals surface area contributed by atoms with Gasteiger partial charge in [-0.25, -0.2) is 0 Å². The minimum atomic E-state index is 0.686. The summed E-state index contributed by atoms with van der Waals surface area (Å²) in [6.07, 6.45) is 0. The lowest BCUT2D eigenvalue weighted by molar-refractivity contribution is 1.48. The Balaban J connectivity index is 1.90. The van der Waals surface area contributed by atoms with Gasteiger partial charge in [-0.15, -0.1) is 0 Å². The number of hydrogen-bond acceptors (Lipinski definition) is 1. The Morgan fingerprint density at radius 1 is 0.462 bits per heavy atom. The molecule has 0 bridgehead atoms. The van der Waals surface area contributed by atoms with Gasteiger partial charge >= 0.3 is 0 Å². The second-order valence-electron chi connectivity index (χ2n) is 6.54. The molecular formula is C25H15N. The van der Waals surface area contributed by atoms with Crippen LogP contribution in [0, 0.1) is 11.3 Å². The maximum atomic E-state index is 9.19.